The Kier molecular flexibility index (Phi) is 6.45. The third-order valence-corrected chi connectivity index (χ3v) is 2.54. The van der Waals surface area contributed by atoms with E-state index in [1.807, 2.05) is 0 Å². The molecule has 0 aliphatic rings. The van der Waals surface area contributed by atoms with Crippen LogP contribution in [0.4, 0.5) is 4.79 Å². The van der Waals surface area contributed by atoms with E-state index in [0.29, 0.717) is 25.2 Å². The summed E-state index contributed by atoms with van der Waals surface area (Å²) in [4.78, 5) is 28.1. The lowest BCUT2D eigenvalue weighted by molar-refractivity contribution is 0.0600. The van der Waals surface area contributed by atoms with Crippen LogP contribution in [0, 0.1) is 0 Å². The lowest BCUT2D eigenvalue weighted by Gasteiger charge is -2.12. The van der Waals surface area contributed by atoms with Gasteiger partial charge in [0.05, 0.1) is 18.4 Å². The van der Waals surface area contributed by atoms with Crippen LogP contribution in [0.15, 0.2) is 18.3 Å². The average molecular weight is 280 g/mol. The van der Waals surface area contributed by atoms with Crippen LogP contribution in [0.2, 0.25) is 0 Å². The quantitative estimate of drug-likeness (QED) is 0.575. The van der Waals surface area contributed by atoms with Crippen LogP contribution >= 0.6 is 0 Å². The maximum atomic E-state index is 11.2. The zero-order valence-electron chi connectivity index (χ0n) is 12.0. The Labute approximate surface area is 118 Å². The van der Waals surface area contributed by atoms with Crippen molar-refractivity contribution in [2.75, 3.05) is 34.3 Å². The molecule has 0 saturated heterocycles. The molecule has 0 bridgehead atoms. The number of carbonyl (C=O) groups excluding carboxylic acids is 2. The van der Waals surface area contributed by atoms with Crippen molar-refractivity contribution in [1.82, 2.24) is 20.5 Å². The summed E-state index contributed by atoms with van der Waals surface area (Å²) >= 11 is 0. The summed E-state index contributed by atoms with van der Waals surface area (Å²) in [7, 11) is 4.71. The van der Waals surface area contributed by atoms with E-state index in [9.17, 15) is 9.59 Å². The van der Waals surface area contributed by atoms with Gasteiger partial charge in [0.15, 0.2) is 0 Å². The van der Waals surface area contributed by atoms with Gasteiger partial charge in [0.1, 0.15) is 0 Å². The maximum Gasteiger partial charge on any atom is 0.339 e. The van der Waals surface area contributed by atoms with E-state index in [0.717, 1.165) is 5.69 Å². The Balaban J connectivity index is 2.26. The number of hydrogen-bond donors (Lipinski definition) is 2. The topological polar surface area (TPSA) is 83.6 Å². The molecule has 20 heavy (non-hydrogen) atoms. The molecule has 7 nitrogen and oxygen atoms in total. The average Bonchev–Trinajstić information content (AvgIpc) is 2.46. The van der Waals surface area contributed by atoms with Gasteiger partial charge in [0.25, 0.3) is 0 Å². The summed E-state index contributed by atoms with van der Waals surface area (Å²) in [6.07, 6.45) is 1.48. The fraction of sp³-hybridized carbons (Fsp3) is 0.462. The summed E-state index contributed by atoms with van der Waals surface area (Å²) in [6.45, 7) is 1.75. The molecule has 110 valence electrons. The second kappa shape index (κ2) is 8.11. The van der Waals surface area contributed by atoms with Crippen molar-refractivity contribution in [3.05, 3.63) is 29.6 Å². The summed E-state index contributed by atoms with van der Waals surface area (Å²) in [6, 6.07) is 3.31. The van der Waals surface area contributed by atoms with Crippen molar-refractivity contribution in [3.63, 3.8) is 0 Å². The molecule has 0 saturated carbocycles. The second-order valence-corrected chi connectivity index (χ2v) is 4.33. The Bertz CT molecular complexity index is 445. The highest BCUT2D eigenvalue weighted by atomic mass is 16.5. The van der Waals surface area contributed by atoms with E-state index in [4.69, 9.17) is 0 Å². The number of aromatic nitrogens is 1. The number of methoxy groups -OCH3 is 1. The molecule has 0 spiro atoms. The molecule has 1 aromatic rings. The summed E-state index contributed by atoms with van der Waals surface area (Å²) in [5, 5.41) is 5.89. The third kappa shape index (κ3) is 5.23. The van der Waals surface area contributed by atoms with Crippen molar-refractivity contribution in [1.29, 1.82) is 0 Å². The van der Waals surface area contributed by atoms with Gasteiger partial charge in [-0.3, -0.25) is 4.98 Å². The molecule has 7 heteroatoms. The van der Waals surface area contributed by atoms with E-state index in [1.54, 1.807) is 26.2 Å². The molecule has 0 aliphatic carbocycles. The molecule has 0 fully saturated rings. The first kappa shape index (κ1) is 15.9. The molecule has 1 heterocycles. The van der Waals surface area contributed by atoms with Crippen molar-refractivity contribution in [2.24, 2.45) is 0 Å². The third-order valence-electron chi connectivity index (χ3n) is 2.54. The Morgan fingerprint density at radius 1 is 1.30 bits per heavy atom. The molecule has 0 aromatic carbocycles. The van der Waals surface area contributed by atoms with Gasteiger partial charge in [-0.05, 0) is 12.1 Å². The number of rotatable bonds is 6. The van der Waals surface area contributed by atoms with Gasteiger partial charge < -0.3 is 20.3 Å². The summed E-state index contributed by atoms with van der Waals surface area (Å²) in [5.41, 5.74) is 1.24. The Morgan fingerprint density at radius 2 is 2.05 bits per heavy atom. The van der Waals surface area contributed by atoms with Crippen molar-refractivity contribution in [2.45, 2.75) is 6.54 Å². The lowest BCUT2D eigenvalue weighted by Crippen LogP contribution is -2.38. The number of carbonyl (C=O) groups is 2. The number of nitrogens with zero attached hydrogens (tertiary/aromatic N) is 2. The van der Waals surface area contributed by atoms with Gasteiger partial charge in [-0.25, -0.2) is 9.59 Å². The Morgan fingerprint density at radius 3 is 2.60 bits per heavy atom. The van der Waals surface area contributed by atoms with Crippen LogP contribution < -0.4 is 10.6 Å². The van der Waals surface area contributed by atoms with E-state index >= 15 is 0 Å². The molecule has 0 radical (unpaired) electrons. The predicted molar refractivity (Wildman–Crippen MR) is 74.4 cm³/mol. The molecule has 1 rings (SSSR count). The van der Waals surface area contributed by atoms with E-state index in [1.165, 1.54) is 18.2 Å². The van der Waals surface area contributed by atoms with Gasteiger partial charge in [-0.15, -0.1) is 0 Å². The number of ether oxygens (including phenoxy) is 1. The number of hydrogen-bond acceptors (Lipinski definition) is 5. The highest BCUT2D eigenvalue weighted by Gasteiger charge is 2.05. The fourth-order valence-corrected chi connectivity index (χ4v) is 1.40. The number of esters is 1. The lowest BCUT2D eigenvalue weighted by atomic mass is 10.2. The van der Waals surface area contributed by atoms with Crippen LogP contribution in [0.25, 0.3) is 0 Å². The molecule has 0 unspecified atom stereocenters. The number of amides is 2. The van der Waals surface area contributed by atoms with Crippen LogP contribution in [-0.4, -0.2) is 56.2 Å². The number of pyridine rings is 1. The minimum absolute atomic E-state index is 0.118. The monoisotopic (exact) mass is 280 g/mol. The molecule has 0 aliphatic heterocycles. The van der Waals surface area contributed by atoms with Gasteiger partial charge in [0.2, 0.25) is 0 Å². The van der Waals surface area contributed by atoms with E-state index in [2.05, 4.69) is 20.4 Å². The normalized spacial score (nSPS) is 9.95. The molecule has 1 aromatic heterocycles. The van der Waals surface area contributed by atoms with Crippen LogP contribution in [0.3, 0.4) is 0 Å². The minimum Gasteiger partial charge on any atom is -0.465 e. The van der Waals surface area contributed by atoms with Gasteiger partial charge >= 0.3 is 12.0 Å². The van der Waals surface area contributed by atoms with Crippen molar-refractivity contribution >= 4 is 12.0 Å². The standard InChI is InChI=1S/C13H20N4O3/c1-17(2)13(19)15-7-6-14-9-11-5-4-10(8-16-11)12(18)20-3/h4-5,8,14H,6-7,9H2,1-3H3,(H,15,19). The van der Waals surface area contributed by atoms with Crippen LogP contribution in [0.1, 0.15) is 16.1 Å². The predicted octanol–water partition coefficient (Wildman–Crippen LogP) is 0.229. The highest BCUT2D eigenvalue weighted by molar-refractivity contribution is 5.88. The van der Waals surface area contributed by atoms with Crippen LogP contribution in [-0.2, 0) is 11.3 Å². The molecule has 2 N–H and O–H groups in total. The molecule has 2 amide bonds. The zero-order valence-corrected chi connectivity index (χ0v) is 12.0. The first-order valence-electron chi connectivity index (χ1n) is 6.23. The van der Waals surface area contributed by atoms with Crippen LogP contribution in [0.5, 0.6) is 0 Å². The largest absolute Gasteiger partial charge is 0.465 e. The first-order valence-corrected chi connectivity index (χ1v) is 6.23. The minimum atomic E-state index is -0.400. The molecule has 0 atom stereocenters. The van der Waals surface area contributed by atoms with Gasteiger partial charge in [-0.2, -0.15) is 0 Å². The SMILES string of the molecule is COC(=O)c1ccc(CNCCNC(=O)N(C)C)nc1. The first-order chi connectivity index (χ1) is 9.54. The highest BCUT2D eigenvalue weighted by Crippen LogP contribution is 2.01. The number of urea groups is 1. The maximum absolute atomic E-state index is 11.2. The summed E-state index contributed by atoms with van der Waals surface area (Å²) in [5.74, 6) is -0.400. The summed E-state index contributed by atoms with van der Waals surface area (Å²) < 4.78 is 4.59. The van der Waals surface area contributed by atoms with Gasteiger partial charge in [-0.1, -0.05) is 0 Å². The van der Waals surface area contributed by atoms with Crippen molar-refractivity contribution < 1.29 is 14.3 Å². The second-order valence-electron chi connectivity index (χ2n) is 4.33. The van der Waals surface area contributed by atoms with E-state index in [-0.39, 0.29) is 6.03 Å². The molecular formula is C13H20N4O3. The van der Waals surface area contributed by atoms with Gasteiger partial charge in [0, 0.05) is 39.9 Å². The van der Waals surface area contributed by atoms with Crippen molar-refractivity contribution in [3.8, 4) is 0 Å². The van der Waals surface area contributed by atoms with E-state index < -0.39 is 5.97 Å². The zero-order chi connectivity index (χ0) is 15.0. The fourth-order valence-electron chi connectivity index (χ4n) is 1.40. The number of nitrogens with one attached hydrogen (secondary N) is 2. The smallest absolute Gasteiger partial charge is 0.339 e. The molecular weight excluding hydrogens is 260 g/mol. The Hall–Kier alpha value is -2.15.